The first-order chi connectivity index (χ1) is 9.11. The molecule has 0 saturated heterocycles. The van der Waals surface area contributed by atoms with Gasteiger partial charge in [-0.05, 0) is 19.1 Å². The Hall–Kier alpha value is -1.90. The van der Waals surface area contributed by atoms with Gasteiger partial charge < -0.3 is 14.7 Å². The molecule has 102 valence electrons. The number of rotatable bonds is 4. The number of aliphatic hydroxyl groups is 1. The van der Waals surface area contributed by atoms with Crippen molar-refractivity contribution in [2.24, 2.45) is 0 Å². The van der Waals surface area contributed by atoms with Gasteiger partial charge >= 0.3 is 0 Å². The number of pyridine rings is 1. The first-order valence-electron chi connectivity index (χ1n) is 5.92. The lowest BCUT2D eigenvalue weighted by molar-refractivity contribution is 0.0627. The Morgan fingerprint density at radius 3 is 3.00 bits per heavy atom. The molecule has 1 unspecified atom stereocenters. The highest BCUT2D eigenvalue weighted by atomic mass is 16.5. The summed E-state index contributed by atoms with van der Waals surface area (Å²) < 4.78 is 5.03. The number of hydrogen-bond donors (Lipinski definition) is 1. The van der Waals surface area contributed by atoms with Gasteiger partial charge in [-0.25, -0.2) is 4.98 Å². The molecule has 0 radical (unpaired) electrons. The molecule has 1 rings (SSSR count). The van der Waals surface area contributed by atoms with Crippen molar-refractivity contribution in [3.05, 3.63) is 29.6 Å². The van der Waals surface area contributed by atoms with E-state index >= 15 is 0 Å². The molecule has 1 aromatic rings. The minimum absolute atomic E-state index is 0.0573. The Morgan fingerprint density at radius 2 is 2.37 bits per heavy atom. The van der Waals surface area contributed by atoms with Crippen molar-refractivity contribution in [3.63, 3.8) is 0 Å². The van der Waals surface area contributed by atoms with E-state index in [1.807, 2.05) is 6.92 Å². The molecule has 5 heteroatoms. The van der Waals surface area contributed by atoms with Gasteiger partial charge in [0.05, 0.1) is 18.2 Å². The Bertz CT molecular complexity index is 491. The van der Waals surface area contributed by atoms with Crippen LogP contribution in [0.25, 0.3) is 0 Å². The van der Waals surface area contributed by atoms with Crippen molar-refractivity contribution in [2.75, 3.05) is 27.4 Å². The molecule has 0 aromatic carbocycles. The monoisotopic (exact) mass is 262 g/mol. The number of carbonyl (C=O) groups excluding carboxylic acids is 1. The molecule has 0 spiro atoms. The molecule has 0 aliphatic rings. The normalized spacial score (nSPS) is 11.4. The third kappa shape index (κ3) is 4.05. The summed E-state index contributed by atoms with van der Waals surface area (Å²) in [6, 6.07) is 3.35. The summed E-state index contributed by atoms with van der Waals surface area (Å²) in [4.78, 5) is 18.0. The lowest BCUT2D eigenvalue weighted by atomic mass is 10.1. The van der Waals surface area contributed by atoms with E-state index in [1.54, 1.807) is 37.4 Å². The molecule has 0 bridgehead atoms. The van der Waals surface area contributed by atoms with Crippen LogP contribution in [0.2, 0.25) is 0 Å². The third-order valence-corrected chi connectivity index (χ3v) is 2.70. The zero-order valence-corrected chi connectivity index (χ0v) is 11.4. The molecule has 19 heavy (non-hydrogen) atoms. The summed E-state index contributed by atoms with van der Waals surface area (Å²) in [5, 5.41) is 8.72. The number of hydrogen-bond acceptors (Lipinski definition) is 4. The molecule has 0 aliphatic carbocycles. The maximum atomic E-state index is 12.3. The molecule has 1 N–H and O–H groups in total. The van der Waals surface area contributed by atoms with Crippen molar-refractivity contribution >= 4 is 5.91 Å². The maximum Gasteiger partial charge on any atom is 0.273 e. The van der Waals surface area contributed by atoms with Crippen LogP contribution in [-0.4, -0.2) is 54.3 Å². The van der Waals surface area contributed by atoms with Crippen LogP contribution in [0.1, 0.15) is 23.0 Å². The van der Waals surface area contributed by atoms with E-state index in [9.17, 15) is 4.79 Å². The van der Waals surface area contributed by atoms with Crippen LogP contribution in [0.4, 0.5) is 0 Å². The van der Waals surface area contributed by atoms with E-state index in [-0.39, 0.29) is 24.2 Å². The smallest absolute Gasteiger partial charge is 0.273 e. The van der Waals surface area contributed by atoms with E-state index < -0.39 is 0 Å². The Morgan fingerprint density at radius 1 is 1.63 bits per heavy atom. The number of likely N-dealkylation sites (N-methyl/N-ethyl adjacent to an activating group) is 1. The number of carbonyl (C=O) groups is 1. The van der Waals surface area contributed by atoms with Crippen LogP contribution in [-0.2, 0) is 4.74 Å². The second-order valence-corrected chi connectivity index (χ2v) is 4.08. The fourth-order valence-electron chi connectivity index (χ4n) is 1.53. The minimum Gasteiger partial charge on any atom is -0.384 e. The molecular weight excluding hydrogens is 244 g/mol. The summed E-state index contributed by atoms with van der Waals surface area (Å²) in [7, 11) is 3.29. The molecule has 5 nitrogen and oxygen atoms in total. The number of methoxy groups -OCH3 is 1. The average molecular weight is 262 g/mol. The van der Waals surface area contributed by atoms with E-state index in [1.165, 1.54) is 0 Å². The van der Waals surface area contributed by atoms with Crippen molar-refractivity contribution in [2.45, 2.75) is 13.0 Å². The summed E-state index contributed by atoms with van der Waals surface area (Å²) in [6.07, 6.45) is 1.55. The Balaban J connectivity index is 2.99. The quantitative estimate of drug-likeness (QED) is 0.804. The summed E-state index contributed by atoms with van der Waals surface area (Å²) in [5.41, 5.74) is 0.798. The predicted octanol–water partition coefficient (Wildman–Crippen LogP) is 0.532. The minimum atomic E-state index is -0.252. The fraction of sp³-hybridized carbons (Fsp3) is 0.429. The highest BCUT2D eigenvalue weighted by molar-refractivity contribution is 5.94. The fourth-order valence-corrected chi connectivity index (χ4v) is 1.53. The van der Waals surface area contributed by atoms with Gasteiger partial charge in [-0.2, -0.15) is 0 Å². The number of amides is 1. The zero-order valence-electron chi connectivity index (χ0n) is 11.4. The second-order valence-electron chi connectivity index (χ2n) is 4.08. The molecule has 1 atom stereocenters. The molecule has 0 saturated carbocycles. The van der Waals surface area contributed by atoms with Gasteiger partial charge in [0.15, 0.2) is 0 Å². The molecule has 0 fully saturated rings. The van der Waals surface area contributed by atoms with Gasteiger partial charge in [-0.15, -0.1) is 0 Å². The van der Waals surface area contributed by atoms with Crippen LogP contribution in [0.15, 0.2) is 18.3 Å². The summed E-state index contributed by atoms with van der Waals surface area (Å²) in [6.45, 7) is 2.09. The van der Waals surface area contributed by atoms with Gasteiger partial charge in [0.1, 0.15) is 12.3 Å². The van der Waals surface area contributed by atoms with Gasteiger partial charge in [0.25, 0.3) is 5.91 Å². The van der Waals surface area contributed by atoms with Gasteiger partial charge in [0, 0.05) is 20.4 Å². The third-order valence-electron chi connectivity index (χ3n) is 2.70. The number of aromatic nitrogens is 1. The van der Waals surface area contributed by atoms with E-state index in [0.717, 1.165) is 0 Å². The lowest BCUT2D eigenvalue weighted by Crippen LogP contribution is -2.38. The van der Waals surface area contributed by atoms with Gasteiger partial charge in [0.2, 0.25) is 0 Å². The van der Waals surface area contributed by atoms with Crippen molar-refractivity contribution < 1.29 is 14.6 Å². The number of ether oxygens (including phenoxy) is 1. The van der Waals surface area contributed by atoms with Gasteiger partial charge in [-0.1, -0.05) is 11.8 Å². The summed E-state index contributed by atoms with van der Waals surface area (Å²) >= 11 is 0. The summed E-state index contributed by atoms with van der Waals surface area (Å²) in [5.74, 6) is 5.04. The molecule has 1 amide bonds. The zero-order chi connectivity index (χ0) is 14.3. The first kappa shape index (κ1) is 15.2. The Kier molecular flexibility index (Phi) is 6.00. The first-order valence-corrected chi connectivity index (χ1v) is 5.92. The largest absolute Gasteiger partial charge is 0.384 e. The highest BCUT2D eigenvalue weighted by Gasteiger charge is 2.20. The van der Waals surface area contributed by atoms with E-state index in [2.05, 4.69) is 16.8 Å². The van der Waals surface area contributed by atoms with E-state index in [0.29, 0.717) is 12.2 Å². The van der Waals surface area contributed by atoms with Crippen LogP contribution in [0.5, 0.6) is 0 Å². The topological polar surface area (TPSA) is 62.7 Å². The maximum absolute atomic E-state index is 12.3. The SMILES string of the molecule is COCC(C)N(C)C(=O)c1ncccc1C#CCO. The van der Waals surface area contributed by atoms with Crippen LogP contribution in [0, 0.1) is 11.8 Å². The van der Waals surface area contributed by atoms with Crippen molar-refractivity contribution in [3.8, 4) is 11.8 Å². The van der Waals surface area contributed by atoms with Crippen molar-refractivity contribution in [1.82, 2.24) is 9.88 Å². The molecule has 0 aliphatic heterocycles. The second kappa shape index (κ2) is 7.52. The van der Waals surface area contributed by atoms with Gasteiger partial charge in [-0.3, -0.25) is 4.79 Å². The molecular formula is C14H18N2O3. The average Bonchev–Trinajstić information content (AvgIpc) is 2.44. The predicted molar refractivity (Wildman–Crippen MR) is 71.6 cm³/mol. The van der Waals surface area contributed by atoms with Crippen LogP contribution < -0.4 is 0 Å². The standard InChI is InChI=1S/C14H18N2O3/c1-11(10-19-3)16(2)14(18)13-12(7-5-9-17)6-4-8-15-13/h4,6,8,11,17H,9-10H2,1-3H3. The molecule has 1 aromatic heterocycles. The molecule has 1 heterocycles. The van der Waals surface area contributed by atoms with E-state index in [4.69, 9.17) is 9.84 Å². The van der Waals surface area contributed by atoms with Crippen LogP contribution in [0.3, 0.4) is 0 Å². The Labute approximate surface area is 113 Å². The van der Waals surface area contributed by atoms with Crippen LogP contribution >= 0.6 is 0 Å². The number of aliphatic hydroxyl groups excluding tert-OH is 1. The van der Waals surface area contributed by atoms with Crippen molar-refractivity contribution in [1.29, 1.82) is 0 Å². The highest BCUT2D eigenvalue weighted by Crippen LogP contribution is 2.09. The number of nitrogens with zero attached hydrogens (tertiary/aromatic N) is 2. The lowest BCUT2D eigenvalue weighted by Gasteiger charge is -2.24.